The Labute approximate surface area is 90.1 Å². The van der Waals surface area contributed by atoms with Gasteiger partial charge in [-0.2, -0.15) is 0 Å². The molecule has 0 saturated heterocycles. The lowest BCUT2D eigenvalue weighted by Gasteiger charge is -2.10. The van der Waals surface area contributed by atoms with Crippen LogP contribution in [0.5, 0.6) is 0 Å². The standard InChI is InChI=1S/C11H13B2.CH4/c1-4-5-10-7-6-8(2)9(3)11(10)13-12;/h4-7H,1-3H3;1H4/b5-4+;. The van der Waals surface area contributed by atoms with Crippen molar-refractivity contribution in [3.8, 4) is 0 Å². The van der Waals surface area contributed by atoms with E-state index in [-0.39, 0.29) is 7.43 Å². The third-order valence-electron chi connectivity index (χ3n) is 2.33. The highest BCUT2D eigenvalue weighted by Gasteiger charge is 2.02. The van der Waals surface area contributed by atoms with E-state index in [1.807, 2.05) is 13.0 Å². The molecule has 0 unspecified atom stereocenters. The van der Waals surface area contributed by atoms with Crippen molar-refractivity contribution in [1.82, 2.24) is 0 Å². The first-order valence-corrected chi connectivity index (χ1v) is 4.48. The van der Waals surface area contributed by atoms with E-state index in [0.29, 0.717) is 0 Å². The zero-order chi connectivity index (χ0) is 9.84. The van der Waals surface area contributed by atoms with Gasteiger partial charge in [-0.1, -0.05) is 42.7 Å². The molecule has 14 heavy (non-hydrogen) atoms. The van der Waals surface area contributed by atoms with Gasteiger partial charge in [0, 0.05) is 7.74 Å². The van der Waals surface area contributed by atoms with Crippen molar-refractivity contribution in [1.29, 1.82) is 0 Å². The number of hydrogen-bond donors (Lipinski definition) is 0. The van der Waals surface area contributed by atoms with Gasteiger partial charge >= 0.3 is 0 Å². The highest BCUT2D eigenvalue weighted by molar-refractivity contribution is 6.98. The van der Waals surface area contributed by atoms with Crippen LogP contribution in [0.4, 0.5) is 0 Å². The minimum absolute atomic E-state index is 0. The van der Waals surface area contributed by atoms with Gasteiger partial charge in [-0.3, -0.25) is 0 Å². The summed E-state index contributed by atoms with van der Waals surface area (Å²) in [4.78, 5) is 0. The lowest BCUT2D eigenvalue weighted by molar-refractivity contribution is 1.36. The summed E-state index contributed by atoms with van der Waals surface area (Å²) in [5.74, 6) is 0. The zero-order valence-electron chi connectivity index (χ0n) is 8.46. The molecule has 0 amide bonds. The summed E-state index contributed by atoms with van der Waals surface area (Å²) < 4.78 is 0. The van der Waals surface area contributed by atoms with E-state index in [1.54, 1.807) is 7.17 Å². The summed E-state index contributed by atoms with van der Waals surface area (Å²) in [6, 6.07) is 4.22. The molecular formula is C12H17B2. The summed E-state index contributed by atoms with van der Waals surface area (Å²) >= 11 is 0. The van der Waals surface area contributed by atoms with Crippen LogP contribution in [0.15, 0.2) is 18.2 Å². The second kappa shape index (κ2) is 5.74. The van der Waals surface area contributed by atoms with Crippen LogP contribution in [0.3, 0.4) is 0 Å². The molecule has 0 aromatic heterocycles. The van der Waals surface area contributed by atoms with Crippen molar-refractivity contribution in [3.63, 3.8) is 0 Å². The van der Waals surface area contributed by atoms with Gasteiger partial charge in [0.25, 0.3) is 0 Å². The smallest absolute Gasteiger partial charge is 0.0878 e. The zero-order valence-corrected chi connectivity index (χ0v) is 8.46. The first-order chi connectivity index (χ1) is 6.20. The first-order valence-electron chi connectivity index (χ1n) is 4.48. The van der Waals surface area contributed by atoms with Crippen LogP contribution >= 0.6 is 0 Å². The molecule has 0 bridgehead atoms. The summed E-state index contributed by atoms with van der Waals surface area (Å²) in [5, 5.41) is 0. The van der Waals surface area contributed by atoms with Gasteiger partial charge in [0.15, 0.2) is 0 Å². The maximum atomic E-state index is 5.59. The number of allylic oxidation sites excluding steroid dienone is 1. The molecule has 71 valence electrons. The lowest BCUT2D eigenvalue weighted by Crippen LogP contribution is -2.22. The molecule has 0 fully saturated rings. The summed E-state index contributed by atoms with van der Waals surface area (Å²) in [5.41, 5.74) is 4.87. The Morgan fingerprint density at radius 3 is 2.43 bits per heavy atom. The van der Waals surface area contributed by atoms with Crippen molar-refractivity contribution in [2.24, 2.45) is 0 Å². The molecule has 1 aromatic carbocycles. The number of aryl methyl sites for hydroxylation is 1. The third kappa shape index (κ3) is 2.54. The fraction of sp³-hybridized carbons (Fsp3) is 0.333. The predicted octanol–water partition coefficient (Wildman–Crippen LogP) is 2.39. The normalized spacial score (nSPS) is 9.93. The molecule has 0 aliphatic heterocycles. The molecule has 2 heteroatoms. The largest absolute Gasteiger partial charge is 0.0968 e. The average molecular weight is 183 g/mol. The van der Waals surface area contributed by atoms with Crippen LogP contribution in [-0.4, -0.2) is 14.9 Å². The molecule has 0 heterocycles. The fourth-order valence-electron chi connectivity index (χ4n) is 1.40. The molecule has 0 N–H and O–H groups in total. The molecule has 0 aliphatic carbocycles. The molecule has 0 saturated carbocycles. The van der Waals surface area contributed by atoms with Gasteiger partial charge in [-0.05, 0) is 31.9 Å². The monoisotopic (exact) mass is 183 g/mol. The Balaban J connectivity index is 0.00000169. The van der Waals surface area contributed by atoms with E-state index < -0.39 is 0 Å². The van der Waals surface area contributed by atoms with Crippen LogP contribution in [-0.2, 0) is 0 Å². The second-order valence-corrected chi connectivity index (χ2v) is 3.18. The fourth-order valence-corrected chi connectivity index (χ4v) is 1.40. The van der Waals surface area contributed by atoms with E-state index in [9.17, 15) is 0 Å². The number of hydrogen-bond acceptors (Lipinski definition) is 0. The lowest BCUT2D eigenvalue weighted by atomic mass is 9.49. The Hall–Kier alpha value is -0.910. The van der Waals surface area contributed by atoms with Gasteiger partial charge in [0.05, 0.1) is 7.17 Å². The van der Waals surface area contributed by atoms with Crippen molar-refractivity contribution >= 4 is 26.4 Å². The summed E-state index contributed by atoms with van der Waals surface area (Å²) in [6.07, 6.45) is 4.10. The molecule has 1 aromatic rings. The van der Waals surface area contributed by atoms with E-state index in [0.717, 1.165) is 5.46 Å². The molecule has 3 radical (unpaired) electrons. The topological polar surface area (TPSA) is 0 Å². The van der Waals surface area contributed by atoms with Crippen LogP contribution < -0.4 is 5.46 Å². The van der Waals surface area contributed by atoms with Crippen molar-refractivity contribution in [2.45, 2.75) is 28.2 Å². The van der Waals surface area contributed by atoms with E-state index in [2.05, 4.69) is 32.1 Å². The number of benzene rings is 1. The van der Waals surface area contributed by atoms with Crippen LogP contribution in [0, 0.1) is 13.8 Å². The molecular weight excluding hydrogens is 166 g/mol. The summed E-state index contributed by atoms with van der Waals surface area (Å²) in [6.45, 7) is 6.21. The van der Waals surface area contributed by atoms with Gasteiger partial charge in [0.1, 0.15) is 0 Å². The first kappa shape index (κ1) is 13.1. The van der Waals surface area contributed by atoms with Crippen LogP contribution in [0.1, 0.15) is 31.0 Å². The third-order valence-corrected chi connectivity index (χ3v) is 2.33. The van der Waals surface area contributed by atoms with E-state index in [4.69, 9.17) is 7.74 Å². The molecule has 0 spiro atoms. The van der Waals surface area contributed by atoms with Gasteiger partial charge < -0.3 is 0 Å². The maximum Gasteiger partial charge on any atom is 0.0968 e. The molecule has 0 nitrogen and oxygen atoms in total. The van der Waals surface area contributed by atoms with Crippen molar-refractivity contribution < 1.29 is 0 Å². The minimum Gasteiger partial charge on any atom is -0.0878 e. The van der Waals surface area contributed by atoms with Crippen molar-refractivity contribution in [3.05, 3.63) is 34.9 Å². The highest BCUT2D eigenvalue weighted by Crippen LogP contribution is 2.08. The van der Waals surface area contributed by atoms with Crippen LogP contribution in [0.2, 0.25) is 0 Å². The van der Waals surface area contributed by atoms with E-state index >= 15 is 0 Å². The molecule has 1 rings (SSSR count). The van der Waals surface area contributed by atoms with E-state index in [1.165, 1.54) is 16.7 Å². The Kier molecular flexibility index (Phi) is 5.37. The predicted molar refractivity (Wildman–Crippen MR) is 68.5 cm³/mol. The highest BCUT2D eigenvalue weighted by atomic mass is 14.0. The average Bonchev–Trinajstić information content (AvgIpc) is 2.12. The SMILES string of the molecule is C.[B][B]c1c(/C=C/C)ccc(C)c1C. The van der Waals surface area contributed by atoms with Crippen LogP contribution in [0.25, 0.3) is 6.08 Å². The Bertz CT molecular complexity index is 327. The molecule has 0 aliphatic rings. The quantitative estimate of drug-likeness (QED) is 0.617. The second-order valence-electron chi connectivity index (χ2n) is 3.18. The van der Waals surface area contributed by atoms with Gasteiger partial charge in [0.2, 0.25) is 0 Å². The Morgan fingerprint density at radius 2 is 1.93 bits per heavy atom. The van der Waals surface area contributed by atoms with Gasteiger partial charge in [-0.25, -0.2) is 0 Å². The van der Waals surface area contributed by atoms with Crippen molar-refractivity contribution in [2.75, 3.05) is 0 Å². The molecule has 0 atom stereocenters. The number of rotatable bonds is 2. The minimum atomic E-state index is 0. The van der Waals surface area contributed by atoms with Gasteiger partial charge in [-0.15, -0.1) is 0 Å². The Morgan fingerprint density at radius 1 is 1.29 bits per heavy atom. The summed E-state index contributed by atoms with van der Waals surface area (Å²) in [7, 11) is 7.27. The maximum absolute atomic E-state index is 5.59.